The lowest BCUT2D eigenvalue weighted by Gasteiger charge is -2.26. The van der Waals surface area contributed by atoms with E-state index < -0.39 is 0 Å². The summed E-state index contributed by atoms with van der Waals surface area (Å²) >= 11 is 6.12. The van der Waals surface area contributed by atoms with Crippen LogP contribution in [0.15, 0.2) is 53.9 Å². The predicted molar refractivity (Wildman–Crippen MR) is 128 cm³/mol. The van der Waals surface area contributed by atoms with Crippen LogP contribution in [0.3, 0.4) is 0 Å². The van der Waals surface area contributed by atoms with Gasteiger partial charge in [0.25, 0.3) is 0 Å². The quantitative estimate of drug-likeness (QED) is 0.300. The van der Waals surface area contributed by atoms with Gasteiger partial charge in [-0.2, -0.15) is 0 Å². The Balaban J connectivity index is 1.51. The van der Waals surface area contributed by atoms with E-state index in [2.05, 4.69) is 26.4 Å². The van der Waals surface area contributed by atoms with Crippen molar-refractivity contribution in [3.8, 4) is 11.3 Å². The molecule has 3 aromatic rings. The van der Waals surface area contributed by atoms with Crippen LogP contribution in [-0.2, 0) is 4.84 Å². The van der Waals surface area contributed by atoms with Gasteiger partial charge in [0, 0.05) is 41.1 Å². The van der Waals surface area contributed by atoms with Crippen LogP contribution < -0.4 is 5.32 Å². The van der Waals surface area contributed by atoms with Gasteiger partial charge in [-0.25, -0.2) is 4.98 Å². The first-order valence-electron chi connectivity index (χ1n) is 10.8. The molecule has 1 aliphatic rings. The van der Waals surface area contributed by atoms with Gasteiger partial charge < -0.3 is 15.1 Å². The van der Waals surface area contributed by atoms with E-state index in [0.29, 0.717) is 5.17 Å². The maximum absolute atomic E-state index is 6.12. The Morgan fingerprint density at radius 1 is 1.16 bits per heavy atom. The fraction of sp³-hybridized carbons (Fsp3) is 0.375. The van der Waals surface area contributed by atoms with Crippen LogP contribution in [0.4, 0.5) is 5.69 Å². The van der Waals surface area contributed by atoms with Gasteiger partial charge >= 0.3 is 0 Å². The molecule has 1 saturated heterocycles. The third kappa shape index (κ3) is 5.51. The minimum absolute atomic E-state index is 0.322. The molecule has 3 heterocycles. The van der Waals surface area contributed by atoms with E-state index in [9.17, 15) is 0 Å². The molecule has 0 atom stereocenters. The summed E-state index contributed by atoms with van der Waals surface area (Å²) < 4.78 is 0. The first kappa shape index (κ1) is 21.5. The van der Waals surface area contributed by atoms with Crippen LogP contribution in [0.1, 0.15) is 31.2 Å². The van der Waals surface area contributed by atoms with Crippen molar-refractivity contribution in [3.63, 3.8) is 0 Å². The fourth-order valence-electron chi connectivity index (χ4n) is 3.98. The van der Waals surface area contributed by atoms with E-state index in [1.807, 2.05) is 36.5 Å². The second kappa shape index (κ2) is 10.6. The zero-order valence-electron chi connectivity index (χ0n) is 17.9. The smallest absolute Gasteiger partial charge is 0.175 e. The second-order valence-electron chi connectivity index (χ2n) is 7.77. The SMILES string of the molecule is CO/N=C(\Cl)c1ccc(-c2cc(NCCCN3CCCCC3)c3cnccc3n2)cc1. The maximum atomic E-state index is 6.12. The summed E-state index contributed by atoms with van der Waals surface area (Å²) in [4.78, 5) is 16.5. The minimum Gasteiger partial charge on any atom is -0.398 e. The molecular formula is C24H28ClN5O. The number of benzene rings is 1. The Hall–Kier alpha value is -2.70. The predicted octanol–water partition coefficient (Wildman–Crippen LogP) is 5.13. The third-order valence-corrected chi connectivity index (χ3v) is 5.90. The van der Waals surface area contributed by atoms with Gasteiger partial charge in [-0.1, -0.05) is 47.4 Å². The maximum Gasteiger partial charge on any atom is 0.175 e. The molecule has 0 saturated carbocycles. The molecule has 4 rings (SSSR count). The average molecular weight is 438 g/mol. The summed E-state index contributed by atoms with van der Waals surface area (Å²) in [6, 6.07) is 11.9. The summed E-state index contributed by atoms with van der Waals surface area (Å²) in [6.45, 7) is 4.54. The summed E-state index contributed by atoms with van der Waals surface area (Å²) in [5.41, 5.74) is 4.71. The number of likely N-dealkylation sites (tertiary alicyclic amines) is 1. The molecule has 0 radical (unpaired) electrons. The van der Waals surface area contributed by atoms with Gasteiger partial charge in [-0.05, 0) is 51.0 Å². The topological polar surface area (TPSA) is 62.6 Å². The number of nitrogens with zero attached hydrogens (tertiary/aromatic N) is 4. The molecule has 0 amide bonds. The Morgan fingerprint density at radius 3 is 2.74 bits per heavy atom. The molecule has 31 heavy (non-hydrogen) atoms. The normalized spacial score (nSPS) is 15.2. The number of hydrogen-bond acceptors (Lipinski definition) is 6. The van der Waals surface area contributed by atoms with E-state index >= 15 is 0 Å². The minimum atomic E-state index is 0.322. The first-order valence-corrected chi connectivity index (χ1v) is 11.2. The zero-order chi connectivity index (χ0) is 21.5. The number of oxime groups is 1. The molecule has 0 aliphatic carbocycles. The van der Waals surface area contributed by atoms with Gasteiger partial charge in [-0.3, -0.25) is 4.98 Å². The molecule has 1 aliphatic heterocycles. The van der Waals surface area contributed by atoms with Crippen LogP contribution in [0.25, 0.3) is 22.2 Å². The molecule has 0 unspecified atom stereocenters. The Morgan fingerprint density at radius 2 is 1.97 bits per heavy atom. The monoisotopic (exact) mass is 437 g/mol. The molecule has 1 N–H and O–H groups in total. The number of hydrogen-bond donors (Lipinski definition) is 1. The van der Waals surface area contributed by atoms with Crippen molar-refractivity contribution in [3.05, 3.63) is 54.4 Å². The molecule has 0 spiro atoms. The molecule has 1 aromatic carbocycles. The lowest BCUT2D eigenvalue weighted by atomic mass is 10.1. The number of aromatic nitrogens is 2. The van der Waals surface area contributed by atoms with Crippen molar-refractivity contribution < 1.29 is 4.84 Å². The van der Waals surface area contributed by atoms with E-state index in [1.165, 1.54) is 39.5 Å². The van der Waals surface area contributed by atoms with Crippen LogP contribution >= 0.6 is 11.6 Å². The average Bonchev–Trinajstić information content (AvgIpc) is 2.82. The third-order valence-electron chi connectivity index (χ3n) is 5.62. The standard InChI is InChI=1S/C24H28ClN5O/c1-31-29-24(25)19-8-6-18(7-9-19)22-16-23(20-17-26-12-10-21(20)28-22)27-11-5-15-30-13-3-2-4-14-30/h6-10,12,16-17H,2-5,11,13-15H2,1H3,(H,27,28)/b29-24-. The molecular weight excluding hydrogens is 410 g/mol. The number of nitrogens with one attached hydrogen (secondary N) is 1. The van der Waals surface area contributed by atoms with Crippen LogP contribution in [0, 0.1) is 0 Å². The Labute approximate surface area is 188 Å². The molecule has 1 fully saturated rings. The van der Waals surface area contributed by atoms with Crippen LogP contribution in [-0.4, -0.2) is 53.3 Å². The summed E-state index contributed by atoms with van der Waals surface area (Å²) in [7, 11) is 1.48. The van der Waals surface area contributed by atoms with Crippen molar-refractivity contribution in [2.75, 3.05) is 38.6 Å². The molecule has 6 nitrogen and oxygen atoms in total. The number of fused-ring (bicyclic) bond motifs is 1. The second-order valence-corrected chi connectivity index (χ2v) is 8.13. The van der Waals surface area contributed by atoms with Crippen molar-refractivity contribution in [2.45, 2.75) is 25.7 Å². The fourth-order valence-corrected chi connectivity index (χ4v) is 4.18. The van der Waals surface area contributed by atoms with Crippen molar-refractivity contribution in [2.24, 2.45) is 5.16 Å². The number of halogens is 1. The van der Waals surface area contributed by atoms with Crippen molar-refractivity contribution in [1.29, 1.82) is 0 Å². The van der Waals surface area contributed by atoms with Gasteiger partial charge in [0.1, 0.15) is 7.11 Å². The molecule has 7 heteroatoms. The Kier molecular flexibility index (Phi) is 7.33. The molecule has 162 valence electrons. The number of pyridine rings is 2. The summed E-state index contributed by atoms with van der Waals surface area (Å²) in [5.74, 6) is 0. The Bertz CT molecular complexity index is 1030. The van der Waals surface area contributed by atoms with E-state index in [0.717, 1.165) is 52.9 Å². The summed E-state index contributed by atoms with van der Waals surface area (Å²) in [6.07, 6.45) is 8.81. The largest absolute Gasteiger partial charge is 0.398 e. The van der Waals surface area contributed by atoms with Gasteiger partial charge in [0.15, 0.2) is 5.17 Å². The zero-order valence-corrected chi connectivity index (χ0v) is 18.6. The van der Waals surface area contributed by atoms with Gasteiger partial charge in [0.05, 0.1) is 11.2 Å². The lowest BCUT2D eigenvalue weighted by Crippen LogP contribution is -2.31. The van der Waals surface area contributed by atoms with Crippen molar-refractivity contribution >= 4 is 33.4 Å². The number of rotatable bonds is 8. The van der Waals surface area contributed by atoms with E-state index in [-0.39, 0.29) is 0 Å². The molecule has 2 aromatic heterocycles. The highest BCUT2D eigenvalue weighted by Crippen LogP contribution is 2.28. The van der Waals surface area contributed by atoms with Gasteiger partial charge in [-0.15, -0.1) is 0 Å². The summed E-state index contributed by atoms with van der Waals surface area (Å²) in [5, 5.41) is 8.75. The lowest BCUT2D eigenvalue weighted by molar-refractivity contribution is 0.214. The molecule has 0 bridgehead atoms. The van der Waals surface area contributed by atoms with E-state index in [1.54, 1.807) is 6.20 Å². The van der Waals surface area contributed by atoms with Crippen LogP contribution in [0.5, 0.6) is 0 Å². The van der Waals surface area contributed by atoms with E-state index in [4.69, 9.17) is 21.4 Å². The highest BCUT2D eigenvalue weighted by molar-refractivity contribution is 6.69. The van der Waals surface area contributed by atoms with Crippen molar-refractivity contribution in [1.82, 2.24) is 14.9 Å². The van der Waals surface area contributed by atoms with Crippen LogP contribution in [0.2, 0.25) is 0 Å². The number of anilines is 1. The van der Waals surface area contributed by atoms with Gasteiger partial charge in [0.2, 0.25) is 0 Å². The highest BCUT2D eigenvalue weighted by Gasteiger charge is 2.11. The first-order chi connectivity index (χ1) is 15.2. The highest BCUT2D eigenvalue weighted by atomic mass is 35.5. The number of piperidine rings is 1.